The molecule has 0 radical (unpaired) electrons. The summed E-state index contributed by atoms with van der Waals surface area (Å²) in [6.07, 6.45) is 1.70. The summed E-state index contributed by atoms with van der Waals surface area (Å²) in [7, 11) is 0. The third kappa shape index (κ3) is 4.19. The fraction of sp³-hybridized carbons (Fsp3) is 0.467. The topological polar surface area (TPSA) is 87.7 Å². The van der Waals surface area contributed by atoms with Crippen LogP contribution in [0.1, 0.15) is 35.7 Å². The monoisotopic (exact) mass is 292 g/mol. The zero-order valence-electron chi connectivity index (χ0n) is 12.2. The summed E-state index contributed by atoms with van der Waals surface area (Å²) in [4.78, 5) is 23.0. The molecule has 2 rings (SSSR count). The summed E-state index contributed by atoms with van der Waals surface area (Å²) >= 11 is 0. The molecule has 1 heterocycles. The second-order valence-electron chi connectivity index (χ2n) is 5.34. The van der Waals surface area contributed by atoms with Crippen molar-refractivity contribution < 1.29 is 19.4 Å². The molecule has 2 unspecified atom stereocenters. The number of benzene rings is 1. The molecule has 0 aromatic heterocycles. The average molecular weight is 292 g/mol. The standard InChI is InChI=1S/C15H20N2O4/c1-9-3-4-11(14(18)19)8-13(9)17-15(20)16-12-5-6-21-10(2)7-12/h3-4,8,10,12H,5-7H2,1-2H3,(H,18,19)(H2,16,17,20). The van der Waals surface area contributed by atoms with Crippen molar-refractivity contribution in [3.8, 4) is 0 Å². The van der Waals surface area contributed by atoms with Crippen LogP contribution in [-0.2, 0) is 4.74 Å². The number of anilines is 1. The fourth-order valence-corrected chi connectivity index (χ4v) is 2.36. The highest BCUT2D eigenvalue weighted by Crippen LogP contribution is 2.18. The molecule has 1 aromatic rings. The lowest BCUT2D eigenvalue weighted by atomic mass is 10.0. The maximum atomic E-state index is 12.0. The van der Waals surface area contributed by atoms with E-state index in [0.717, 1.165) is 18.4 Å². The van der Waals surface area contributed by atoms with Gasteiger partial charge in [0.2, 0.25) is 0 Å². The molecule has 0 spiro atoms. The molecule has 6 nitrogen and oxygen atoms in total. The first kappa shape index (κ1) is 15.3. The molecule has 0 aliphatic carbocycles. The maximum Gasteiger partial charge on any atom is 0.335 e. The molecule has 1 aromatic carbocycles. The first-order valence-corrected chi connectivity index (χ1v) is 6.99. The van der Waals surface area contributed by atoms with E-state index in [-0.39, 0.29) is 23.7 Å². The minimum Gasteiger partial charge on any atom is -0.478 e. The van der Waals surface area contributed by atoms with Crippen molar-refractivity contribution in [2.75, 3.05) is 11.9 Å². The number of amides is 2. The molecule has 1 fully saturated rings. The average Bonchev–Trinajstić information content (AvgIpc) is 2.41. The Kier molecular flexibility index (Phi) is 4.80. The van der Waals surface area contributed by atoms with Crippen LogP contribution < -0.4 is 10.6 Å². The zero-order valence-corrected chi connectivity index (χ0v) is 12.2. The van der Waals surface area contributed by atoms with Crippen LogP contribution >= 0.6 is 0 Å². The minimum atomic E-state index is -1.02. The van der Waals surface area contributed by atoms with Gasteiger partial charge in [-0.1, -0.05) is 6.07 Å². The van der Waals surface area contributed by atoms with Gasteiger partial charge in [0.25, 0.3) is 0 Å². The summed E-state index contributed by atoms with van der Waals surface area (Å²) in [5, 5.41) is 14.6. The molecule has 21 heavy (non-hydrogen) atoms. The molecule has 2 atom stereocenters. The van der Waals surface area contributed by atoms with Crippen molar-refractivity contribution in [1.29, 1.82) is 0 Å². The Morgan fingerprint density at radius 3 is 2.81 bits per heavy atom. The van der Waals surface area contributed by atoms with Crippen molar-refractivity contribution >= 4 is 17.7 Å². The second kappa shape index (κ2) is 6.58. The van der Waals surface area contributed by atoms with Gasteiger partial charge < -0.3 is 20.5 Å². The van der Waals surface area contributed by atoms with Crippen molar-refractivity contribution in [3.63, 3.8) is 0 Å². The Labute approximate surface area is 123 Å². The van der Waals surface area contributed by atoms with E-state index in [4.69, 9.17) is 9.84 Å². The number of aromatic carboxylic acids is 1. The van der Waals surface area contributed by atoms with Gasteiger partial charge >= 0.3 is 12.0 Å². The number of nitrogens with one attached hydrogen (secondary N) is 2. The number of aryl methyl sites for hydroxylation is 1. The summed E-state index contributed by atoms with van der Waals surface area (Å²) in [5.74, 6) is -1.02. The van der Waals surface area contributed by atoms with Gasteiger partial charge in [-0.05, 0) is 44.4 Å². The maximum absolute atomic E-state index is 12.0. The Morgan fingerprint density at radius 2 is 2.14 bits per heavy atom. The fourth-order valence-electron chi connectivity index (χ4n) is 2.36. The van der Waals surface area contributed by atoms with Crippen LogP contribution in [0.5, 0.6) is 0 Å². The molecule has 2 amide bonds. The Balaban J connectivity index is 1.99. The highest BCUT2D eigenvalue weighted by molar-refractivity contribution is 5.94. The lowest BCUT2D eigenvalue weighted by molar-refractivity contribution is 0.0157. The van der Waals surface area contributed by atoms with E-state index in [1.165, 1.54) is 12.1 Å². The smallest absolute Gasteiger partial charge is 0.335 e. The largest absolute Gasteiger partial charge is 0.478 e. The second-order valence-corrected chi connectivity index (χ2v) is 5.34. The normalized spacial score (nSPS) is 21.6. The van der Waals surface area contributed by atoms with Gasteiger partial charge in [0.1, 0.15) is 0 Å². The number of ether oxygens (including phenoxy) is 1. The summed E-state index contributed by atoms with van der Waals surface area (Å²) < 4.78 is 5.43. The Morgan fingerprint density at radius 1 is 1.38 bits per heavy atom. The van der Waals surface area contributed by atoms with E-state index in [0.29, 0.717) is 12.3 Å². The van der Waals surface area contributed by atoms with E-state index < -0.39 is 5.97 Å². The molecule has 1 aliphatic rings. The third-order valence-electron chi connectivity index (χ3n) is 3.55. The quantitative estimate of drug-likeness (QED) is 0.798. The van der Waals surface area contributed by atoms with Crippen molar-refractivity contribution in [3.05, 3.63) is 29.3 Å². The highest BCUT2D eigenvalue weighted by Gasteiger charge is 2.21. The summed E-state index contributed by atoms with van der Waals surface area (Å²) in [6.45, 7) is 4.43. The van der Waals surface area contributed by atoms with E-state index >= 15 is 0 Å². The van der Waals surface area contributed by atoms with Crippen LogP contribution in [0.2, 0.25) is 0 Å². The van der Waals surface area contributed by atoms with Crippen molar-refractivity contribution in [1.82, 2.24) is 5.32 Å². The van der Waals surface area contributed by atoms with Crippen molar-refractivity contribution in [2.24, 2.45) is 0 Å². The number of carboxylic acids is 1. The van der Waals surface area contributed by atoms with E-state index in [2.05, 4.69) is 10.6 Å². The highest BCUT2D eigenvalue weighted by atomic mass is 16.5. The van der Waals surface area contributed by atoms with Crippen LogP contribution in [0, 0.1) is 6.92 Å². The lowest BCUT2D eigenvalue weighted by Crippen LogP contribution is -2.43. The predicted octanol–water partition coefficient (Wildman–Crippen LogP) is 2.38. The van der Waals surface area contributed by atoms with Crippen LogP contribution in [0.25, 0.3) is 0 Å². The van der Waals surface area contributed by atoms with Gasteiger partial charge in [0.05, 0.1) is 11.7 Å². The van der Waals surface area contributed by atoms with Gasteiger partial charge in [-0.2, -0.15) is 0 Å². The summed E-state index contributed by atoms with van der Waals surface area (Å²) in [5.41, 5.74) is 1.47. The number of urea groups is 1. The molecule has 0 bridgehead atoms. The van der Waals surface area contributed by atoms with Crippen LogP contribution in [-0.4, -0.2) is 35.9 Å². The SMILES string of the molecule is Cc1ccc(C(=O)O)cc1NC(=O)NC1CCOC(C)C1. The minimum absolute atomic E-state index is 0.0803. The number of hydrogen-bond donors (Lipinski definition) is 3. The van der Waals surface area contributed by atoms with Gasteiger partial charge in [0.15, 0.2) is 0 Å². The van der Waals surface area contributed by atoms with Crippen LogP contribution in [0.4, 0.5) is 10.5 Å². The van der Waals surface area contributed by atoms with Crippen LogP contribution in [0.3, 0.4) is 0 Å². The third-order valence-corrected chi connectivity index (χ3v) is 3.55. The number of carbonyl (C=O) groups excluding carboxylic acids is 1. The first-order valence-electron chi connectivity index (χ1n) is 6.99. The molecule has 114 valence electrons. The van der Waals surface area contributed by atoms with Crippen LogP contribution in [0.15, 0.2) is 18.2 Å². The molecule has 0 saturated carbocycles. The Bertz CT molecular complexity index is 544. The molecule has 6 heteroatoms. The molecular formula is C15H20N2O4. The molecule has 3 N–H and O–H groups in total. The number of carboxylic acid groups (broad SMARTS) is 1. The Hall–Kier alpha value is -2.08. The predicted molar refractivity (Wildman–Crippen MR) is 78.7 cm³/mol. The molecule has 1 aliphatic heterocycles. The number of rotatable bonds is 3. The van der Waals surface area contributed by atoms with E-state index in [9.17, 15) is 9.59 Å². The van der Waals surface area contributed by atoms with Gasteiger partial charge in [0, 0.05) is 18.3 Å². The van der Waals surface area contributed by atoms with E-state index in [1.807, 2.05) is 13.8 Å². The molecular weight excluding hydrogens is 272 g/mol. The molecule has 1 saturated heterocycles. The van der Waals surface area contributed by atoms with E-state index in [1.54, 1.807) is 6.07 Å². The summed E-state index contributed by atoms with van der Waals surface area (Å²) in [6, 6.07) is 4.41. The van der Waals surface area contributed by atoms with Crippen molar-refractivity contribution in [2.45, 2.75) is 38.8 Å². The number of carbonyl (C=O) groups is 2. The van der Waals surface area contributed by atoms with Gasteiger partial charge in [-0.25, -0.2) is 9.59 Å². The van der Waals surface area contributed by atoms with Gasteiger partial charge in [-0.15, -0.1) is 0 Å². The number of hydrogen-bond acceptors (Lipinski definition) is 3. The lowest BCUT2D eigenvalue weighted by Gasteiger charge is -2.28. The zero-order chi connectivity index (χ0) is 15.4. The first-order chi connectivity index (χ1) is 9.95. The van der Waals surface area contributed by atoms with Gasteiger partial charge in [-0.3, -0.25) is 0 Å².